The number of halogens is 1. The van der Waals surface area contributed by atoms with E-state index in [1.165, 1.54) is 5.56 Å². The minimum Gasteiger partial charge on any atom is -0.338 e. The molecular formula is C16H19ClN4. The second-order valence-electron chi connectivity index (χ2n) is 5.30. The predicted octanol–water partition coefficient (Wildman–Crippen LogP) is 3.01. The van der Waals surface area contributed by atoms with Crippen LogP contribution in [-0.2, 0) is 0 Å². The van der Waals surface area contributed by atoms with Crippen LogP contribution in [0.1, 0.15) is 18.5 Å². The van der Waals surface area contributed by atoms with Crippen molar-refractivity contribution in [3.63, 3.8) is 0 Å². The van der Waals surface area contributed by atoms with Gasteiger partial charge < -0.3 is 4.90 Å². The van der Waals surface area contributed by atoms with E-state index in [9.17, 15) is 0 Å². The summed E-state index contributed by atoms with van der Waals surface area (Å²) in [5.74, 6) is 0.830. The smallest absolute Gasteiger partial charge is 0.225 e. The molecule has 2 aromatic rings. The highest BCUT2D eigenvalue weighted by Crippen LogP contribution is 2.23. The van der Waals surface area contributed by atoms with Gasteiger partial charge in [0.15, 0.2) is 0 Å². The van der Waals surface area contributed by atoms with Gasteiger partial charge in [0.25, 0.3) is 0 Å². The fourth-order valence-corrected chi connectivity index (χ4v) is 2.84. The Balaban J connectivity index is 1.61. The van der Waals surface area contributed by atoms with Crippen LogP contribution in [0.15, 0.2) is 42.7 Å². The average Bonchev–Trinajstić information content (AvgIpc) is 2.56. The van der Waals surface area contributed by atoms with Gasteiger partial charge in [-0.25, -0.2) is 9.97 Å². The van der Waals surface area contributed by atoms with E-state index in [1.54, 1.807) is 12.4 Å². The molecule has 2 heterocycles. The molecule has 5 heteroatoms. The molecule has 3 rings (SSSR count). The molecule has 0 saturated carbocycles. The molecule has 110 valence electrons. The van der Waals surface area contributed by atoms with Crippen LogP contribution in [-0.4, -0.2) is 41.0 Å². The van der Waals surface area contributed by atoms with Gasteiger partial charge >= 0.3 is 0 Å². The van der Waals surface area contributed by atoms with E-state index < -0.39 is 0 Å². The minimum atomic E-state index is 0.404. The van der Waals surface area contributed by atoms with Crippen LogP contribution >= 0.6 is 11.6 Å². The van der Waals surface area contributed by atoms with Crippen molar-refractivity contribution in [2.75, 3.05) is 31.1 Å². The first-order chi connectivity index (χ1) is 10.2. The summed E-state index contributed by atoms with van der Waals surface area (Å²) in [6.07, 6.45) is 3.59. The topological polar surface area (TPSA) is 32.3 Å². The van der Waals surface area contributed by atoms with Crippen molar-refractivity contribution >= 4 is 17.5 Å². The molecule has 1 aromatic heterocycles. The van der Waals surface area contributed by atoms with E-state index in [0.717, 1.165) is 37.1 Å². The number of piperazine rings is 1. The Morgan fingerprint density at radius 2 is 1.62 bits per heavy atom. The summed E-state index contributed by atoms with van der Waals surface area (Å²) >= 11 is 5.95. The molecular weight excluding hydrogens is 284 g/mol. The molecule has 1 unspecified atom stereocenters. The van der Waals surface area contributed by atoms with Crippen molar-refractivity contribution < 1.29 is 0 Å². The Hall–Kier alpha value is -1.65. The average molecular weight is 303 g/mol. The molecule has 1 atom stereocenters. The van der Waals surface area contributed by atoms with Gasteiger partial charge in [-0.1, -0.05) is 23.7 Å². The SMILES string of the molecule is CC(c1ccc(Cl)cc1)N1CCN(c2ncccn2)CC1. The van der Waals surface area contributed by atoms with E-state index in [0.29, 0.717) is 6.04 Å². The van der Waals surface area contributed by atoms with Crippen molar-refractivity contribution in [2.24, 2.45) is 0 Å². The third kappa shape index (κ3) is 3.34. The summed E-state index contributed by atoms with van der Waals surface area (Å²) in [5.41, 5.74) is 1.31. The Bertz CT molecular complexity index is 565. The second-order valence-corrected chi connectivity index (χ2v) is 5.74. The normalized spacial score (nSPS) is 17.7. The lowest BCUT2D eigenvalue weighted by molar-refractivity contribution is 0.198. The van der Waals surface area contributed by atoms with Gasteiger partial charge in [-0.2, -0.15) is 0 Å². The molecule has 0 radical (unpaired) electrons. The van der Waals surface area contributed by atoms with Crippen molar-refractivity contribution in [1.29, 1.82) is 0 Å². The molecule has 1 fully saturated rings. The van der Waals surface area contributed by atoms with Gasteiger partial charge in [0.1, 0.15) is 0 Å². The third-order valence-corrected chi connectivity index (χ3v) is 4.30. The maximum atomic E-state index is 5.95. The zero-order chi connectivity index (χ0) is 14.7. The number of nitrogens with zero attached hydrogens (tertiary/aromatic N) is 4. The summed E-state index contributed by atoms with van der Waals surface area (Å²) in [7, 11) is 0. The van der Waals surface area contributed by atoms with Crippen LogP contribution in [0.4, 0.5) is 5.95 Å². The monoisotopic (exact) mass is 302 g/mol. The molecule has 0 aliphatic carbocycles. The zero-order valence-electron chi connectivity index (χ0n) is 12.1. The van der Waals surface area contributed by atoms with E-state index in [2.05, 4.69) is 38.8 Å². The molecule has 21 heavy (non-hydrogen) atoms. The lowest BCUT2D eigenvalue weighted by Crippen LogP contribution is -2.47. The van der Waals surface area contributed by atoms with Gasteiger partial charge in [-0.05, 0) is 30.7 Å². The first kappa shape index (κ1) is 14.3. The van der Waals surface area contributed by atoms with Crippen molar-refractivity contribution in [3.8, 4) is 0 Å². The Labute approximate surface area is 130 Å². The van der Waals surface area contributed by atoms with Gasteiger partial charge in [-0.3, -0.25) is 4.90 Å². The number of aromatic nitrogens is 2. The maximum Gasteiger partial charge on any atom is 0.225 e. The summed E-state index contributed by atoms with van der Waals surface area (Å²) in [5, 5.41) is 0.789. The molecule has 0 amide bonds. The molecule has 1 saturated heterocycles. The summed E-state index contributed by atoms with van der Waals surface area (Å²) < 4.78 is 0. The highest BCUT2D eigenvalue weighted by Gasteiger charge is 2.23. The second kappa shape index (κ2) is 6.41. The Kier molecular flexibility index (Phi) is 4.36. The number of hydrogen-bond acceptors (Lipinski definition) is 4. The number of anilines is 1. The standard InChI is InChI=1S/C16H19ClN4/c1-13(14-3-5-15(17)6-4-14)20-9-11-21(12-10-20)16-18-7-2-8-19-16/h2-8,13H,9-12H2,1H3. The molecule has 0 N–H and O–H groups in total. The Morgan fingerprint density at radius 1 is 1.00 bits per heavy atom. The molecule has 1 aliphatic rings. The first-order valence-electron chi connectivity index (χ1n) is 7.25. The van der Waals surface area contributed by atoms with Crippen molar-refractivity contribution in [1.82, 2.24) is 14.9 Å². The van der Waals surface area contributed by atoms with Crippen LogP contribution < -0.4 is 4.90 Å². The van der Waals surface area contributed by atoms with Gasteiger partial charge in [0, 0.05) is 49.6 Å². The van der Waals surface area contributed by atoms with E-state index in [4.69, 9.17) is 11.6 Å². The molecule has 4 nitrogen and oxygen atoms in total. The molecule has 1 aromatic carbocycles. The Morgan fingerprint density at radius 3 is 2.24 bits per heavy atom. The number of hydrogen-bond donors (Lipinski definition) is 0. The lowest BCUT2D eigenvalue weighted by Gasteiger charge is -2.38. The maximum absolute atomic E-state index is 5.95. The summed E-state index contributed by atoms with van der Waals surface area (Å²) in [4.78, 5) is 13.4. The quantitative estimate of drug-likeness (QED) is 0.872. The predicted molar refractivity (Wildman–Crippen MR) is 85.7 cm³/mol. The fraction of sp³-hybridized carbons (Fsp3) is 0.375. The molecule has 1 aliphatic heterocycles. The highest BCUT2D eigenvalue weighted by atomic mass is 35.5. The summed E-state index contributed by atoms with van der Waals surface area (Å²) in [6, 6.07) is 10.4. The van der Waals surface area contributed by atoms with Crippen LogP contribution in [0.2, 0.25) is 5.02 Å². The first-order valence-corrected chi connectivity index (χ1v) is 7.63. The fourth-order valence-electron chi connectivity index (χ4n) is 2.72. The van der Waals surface area contributed by atoms with E-state index in [-0.39, 0.29) is 0 Å². The number of benzene rings is 1. The lowest BCUT2D eigenvalue weighted by atomic mass is 10.1. The van der Waals surface area contributed by atoms with Gasteiger partial charge in [0.05, 0.1) is 0 Å². The minimum absolute atomic E-state index is 0.404. The van der Waals surface area contributed by atoms with Crippen LogP contribution in [0, 0.1) is 0 Å². The number of rotatable bonds is 3. The van der Waals surface area contributed by atoms with E-state index in [1.807, 2.05) is 18.2 Å². The van der Waals surface area contributed by atoms with Crippen LogP contribution in [0.5, 0.6) is 0 Å². The van der Waals surface area contributed by atoms with Crippen molar-refractivity contribution in [3.05, 3.63) is 53.3 Å². The summed E-state index contributed by atoms with van der Waals surface area (Å²) in [6.45, 7) is 6.20. The van der Waals surface area contributed by atoms with E-state index >= 15 is 0 Å². The van der Waals surface area contributed by atoms with Crippen LogP contribution in [0.25, 0.3) is 0 Å². The van der Waals surface area contributed by atoms with Crippen LogP contribution in [0.3, 0.4) is 0 Å². The molecule has 0 spiro atoms. The largest absolute Gasteiger partial charge is 0.338 e. The van der Waals surface area contributed by atoms with Gasteiger partial charge in [-0.15, -0.1) is 0 Å². The third-order valence-electron chi connectivity index (χ3n) is 4.05. The van der Waals surface area contributed by atoms with Crippen molar-refractivity contribution in [2.45, 2.75) is 13.0 Å². The van der Waals surface area contributed by atoms with Gasteiger partial charge in [0.2, 0.25) is 5.95 Å². The highest BCUT2D eigenvalue weighted by molar-refractivity contribution is 6.30. The molecule has 0 bridgehead atoms. The zero-order valence-corrected chi connectivity index (χ0v) is 12.9.